The summed E-state index contributed by atoms with van der Waals surface area (Å²) in [7, 11) is -2.67. The molecule has 1 aromatic rings. The zero-order valence-corrected chi connectivity index (χ0v) is 12.0. The minimum absolute atomic E-state index is 0.00941. The van der Waals surface area contributed by atoms with Crippen LogP contribution in [0.15, 0.2) is 18.2 Å². The number of aryl methyl sites for hydroxylation is 1. The van der Waals surface area contributed by atoms with Crippen LogP contribution in [0.5, 0.6) is 5.75 Å². The number of rotatable bonds is 4. The Kier molecular flexibility index (Phi) is 4.03. The van der Waals surface area contributed by atoms with E-state index in [-0.39, 0.29) is 30.4 Å². The summed E-state index contributed by atoms with van der Waals surface area (Å²) < 4.78 is 30.5. The first-order chi connectivity index (χ1) is 9.83. The van der Waals surface area contributed by atoms with Gasteiger partial charge in [-0.1, -0.05) is 6.07 Å². The van der Waals surface area contributed by atoms with Crippen molar-refractivity contribution in [3.05, 3.63) is 23.8 Å². The van der Waals surface area contributed by atoms with E-state index in [1.807, 2.05) is 4.72 Å². The van der Waals surface area contributed by atoms with Crippen LogP contribution in [0.3, 0.4) is 0 Å². The summed E-state index contributed by atoms with van der Waals surface area (Å²) in [5.74, 6) is -1.32. The van der Waals surface area contributed by atoms with Crippen molar-refractivity contribution < 1.29 is 27.9 Å². The Morgan fingerprint density at radius 3 is 2.71 bits per heavy atom. The summed E-state index contributed by atoms with van der Waals surface area (Å²) >= 11 is 0. The van der Waals surface area contributed by atoms with E-state index in [4.69, 9.17) is 0 Å². The van der Waals surface area contributed by atoms with E-state index < -0.39 is 16.1 Å². The van der Waals surface area contributed by atoms with Crippen molar-refractivity contribution in [1.29, 1.82) is 0 Å². The molecule has 2 N–H and O–H groups in total. The number of hydrogen-bond acceptors (Lipinski definition) is 6. The van der Waals surface area contributed by atoms with Crippen LogP contribution in [-0.4, -0.2) is 39.1 Å². The van der Waals surface area contributed by atoms with Gasteiger partial charge >= 0.3 is 16.2 Å². The number of nitrogens with one attached hydrogen (secondary N) is 1. The first-order valence-corrected chi connectivity index (χ1v) is 7.49. The highest BCUT2D eigenvalue weighted by Crippen LogP contribution is 2.31. The molecule has 1 fully saturated rings. The maximum absolute atomic E-state index is 11.7. The van der Waals surface area contributed by atoms with Crippen molar-refractivity contribution >= 4 is 27.8 Å². The molecular formula is C12H14N2O6S. The minimum Gasteiger partial charge on any atom is -0.506 e. The summed E-state index contributed by atoms with van der Waals surface area (Å²) in [4.78, 5) is 22.2. The highest BCUT2D eigenvalue weighted by atomic mass is 32.2. The largest absolute Gasteiger partial charge is 0.506 e. The lowest BCUT2D eigenvalue weighted by Crippen LogP contribution is -2.29. The highest BCUT2D eigenvalue weighted by molar-refractivity contribution is 7.92. The minimum atomic E-state index is -3.95. The summed E-state index contributed by atoms with van der Waals surface area (Å²) in [6.07, 6.45) is 0.502. The number of nitrogens with zero attached hydrogens (tertiary/aromatic N) is 1. The van der Waals surface area contributed by atoms with E-state index in [1.54, 1.807) is 6.07 Å². The summed E-state index contributed by atoms with van der Waals surface area (Å²) in [6, 6.07) is 4.33. The average Bonchev–Trinajstić information content (AvgIpc) is 2.69. The third-order valence-corrected chi connectivity index (χ3v) is 4.37. The quantitative estimate of drug-likeness (QED) is 0.736. The Morgan fingerprint density at radius 1 is 1.48 bits per heavy atom. The van der Waals surface area contributed by atoms with Gasteiger partial charge in [0.05, 0.1) is 12.8 Å². The lowest BCUT2D eigenvalue weighted by Gasteiger charge is -2.16. The standard InChI is InChI=1S/C12H14N2O6S/c1-20-12(17)5-3-8-2-4-9(10(15)6-8)14-7-11(16)13-21(14,18)19/h2,4,6,15H,3,5,7H2,1H3,(H,13,16). The predicted molar refractivity (Wildman–Crippen MR) is 72.9 cm³/mol. The molecule has 114 valence electrons. The number of amides is 1. The molecule has 0 aromatic heterocycles. The molecule has 9 heteroatoms. The number of phenols is 1. The molecule has 0 aliphatic carbocycles. The van der Waals surface area contributed by atoms with Gasteiger partial charge in [0.2, 0.25) is 0 Å². The van der Waals surface area contributed by atoms with Gasteiger partial charge in [-0.3, -0.25) is 9.59 Å². The molecule has 8 nitrogen and oxygen atoms in total. The van der Waals surface area contributed by atoms with Gasteiger partial charge in [0.15, 0.2) is 0 Å². The van der Waals surface area contributed by atoms with E-state index in [0.29, 0.717) is 12.0 Å². The highest BCUT2D eigenvalue weighted by Gasteiger charge is 2.35. The monoisotopic (exact) mass is 314 g/mol. The van der Waals surface area contributed by atoms with Gasteiger partial charge in [-0.05, 0) is 24.1 Å². The van der Waals surface area contributed by atoms with Crippen LogP contribution in [0.4, 0.5) is 5.69 Å². The van der Waals surface area contributed by atoms with Crippen molar-refractivity contribution in [1.82, 2.24) is 4.72 Å². The fraction of sp³-hybridized carbons (Fsp3) is 0.333. The first kappa shape index (κ1) is 15.1. The molecule has 0 unspecified atom stereocenters. The predicted octanol–water partition coefficient (Wildman–Crippen LogP) is -0.321. The lowest BCUT2D eigenvalue weighted by molar-refractivity contribution is -0.140. The SMILES string of the molecule is COC(=O)CCc1ccc(N2CC(=O)NS2(=O)=O)c(O)c1. The fourth-order valence-corrected chi connectivity index (χ4v) is 3.11. The van der Waals surface area contributed by atoms with Gasteiger partial charge in [-0.2, -0.15) is 8.42 Å². The average molecular weight is 314 g/mol. The topological polar surface area (TPSA) is 113 Å². The number of phenolic OH excluding ortho intramolecular Hbond substituents is 1. The molecule has 1 aliphatic rings. The Labute approximate surface area is 121 Å². The van der Waals surface area contributed by atoms with Crippen molar-refractivity contribution in [2.24, 2.45) is 0 Å². The molecule has 0 saturated carbocycles. The number of carbonyl (C=O) groups excluding carboxylic acids is 2. The number of carbonyl (C=O) groups is 2. The van der Waals surface area contributed by atoms with E-state index in [0.717, 1.165) is 4.31 Å². The summed E-state index contributed by atoms with van der Waals surface area (Å²) in [5.41, 5.74) is 0.660. The molecule has 1 aromatic carbocycles. The molecular weight excluding hydrogens is 300 g/mol. The van der Waals surface area contributed by atoms with Crippen LogP contribution in [0.2, 0.25) is 0 Å². The van der Waals surface area contributed by atoms with Crippen LogP contribution in [0.1, 0.15) is 12.0 Å². The normalized spacial score (nSPS) is 16.6. The lowest BCUT2D eigenvalue weighted by atomic mass is 10.1. The number of anilines is 1. The maximum atomic E-state index is 11.7. The van der Waals surface area contributed by atoms with Crippen molar-refractivity contribution in [3.8, 4) is 5.75 Å². The van der Waals surface area contributed by atoms with Gasteiger partial charge in [0.1, 0.15) is 12.3 Å². The van der Waals surface area contributed by atoms with Crippen molar-refractivity contribution in [3.63, 3.8) is 0 Å². The number of ether oxygens (including phenoxy) is 1. The third-order valence-electron chi connectivity index (χ3n) is 2.97. The molecule has 2 rings (SSSR count). The van der Waals surface area contributed by atoms with E-state index in [2.05, 4.69) is 4.74 Å². The van der Waals surface area contributed by atoms with Gasteiger partial charge in [0, 0.05) is 6.42 Å². The Hall–Kier alpha value is -2.29. The molecule has 1 heterocycles. The Bertz CT molecular complexity index is 685. The molecule has 1 aliphatic heterocycles. The second-order valence-corrected chi connectivity index (χ2v) is 6.03. The molecule has 21 heavy (non-hydrogen) atoms. The molecule has 0 spiro atoms. The molecule has 0 atom stereocenters. The van der Waals surface area contributed by atoms with E-state index in [1.165, 1.54) is 19.2 Å². The van der Waals surface area contributed by atoms with Gasteiger partial charge in [0.25, 0.3) is 5.91 Å². The van der Waals surface area contributed by atoms with Gasteiger partial charge in [-0.25, -0.2) is 9.03 Å². The first-order valence-electron chi connectivity index (χ1n) is 6.05. The molecule has 0 bridgehead atoms. The van der Waals surface area contributed by atoms with Crippen LogP contribution in [0, 0.1) is 0 Å². The zero-order valence-electron chi connectivity index (χ0n) is 11.2. The van der Waals surface area contributed by atoms with Crippen molar-refractivity contribution in [2.45, 2.75) is 12.8 Å². The van der Waals surface area contributed by atoms with E-state index in [9.17, 15) is 23.1 Å². The van der Waals surface area contributed by atoms with Crippen LogP contribution in [0.25, 0.3) is 0 Å². The second-order valence-electron chi connectivity index (χ2n) is 4.44. The fourth-order valence-electron chi connectivity index (χ4n) is 1.95. The Morgan fingerprint density at radius 2 is 2.19 bits per heavy atom. The number of hydrogen-bond donors (Lipinski definition) is 2. The summed E-state index contributed by atoms with van der Waals surface area (Å²) in [5, 5.41) is 9.93. The summed E-state index contributed by atoms with van der Waals surface area (Å²) in [6.45, 7) is -0.378. The second kappa shape index (κ2) is 5.60. The maximum Gasteiger partial charge on any atom is 0.326 e. The van der Waals surface area contributed by atoms with Crippen molar-refractivity contribution in [2.75, 3.05) is 18.0 Å². The van der Waals surface area contributed by atoms with Crippen LogP contribution >= 0.6 is 0 Å². The number of benzene rings is 1. The van der Waals surface area contributed by atoms with Crippen LogP contribution in [-0.2, 0) is 31.0 Å². The smallest absolute Gasteiger partial charge is 0.326 e. The molecule has 1 saturated heterocycles. The van der Waals surface area contributed by atoms with Gasteiger partial charge < -0.3 is 9.84 Å². The number of methoxy groups -OCH3 is 1. The van der Waals surface area contributed by atoms with Gasteiger partial charge in [-0.15, -0.1) is 0 Å². The molecule has 1 amide bonds. The van der Waals surface area contributed by atoms with Crippen LogP contribution < -0.4 is 9.03 Å². The molecule has 0 radical (unpaired) electrons. The third kappa shape index (κ3) is 3.24. The van der Waals surface area contributed by atoms with E-state index >= 15 is 0 Å². The zero-order chi connectivity index (χ0) is 15.6. The number of aromatic hydroxyl groups is 1. The Balaban J connectivity index is 2.20. The number of esters is 1.